The molecule has 0 amide bonds. The van der Waals surface area contributed by atoms with Gasteiger partial charge in [-0.15, -0.1) is 11.3 Å². The number of rotatable bonds is 4. The molecule has 3 saturated heterocycles. The van der Waals surface area contributed by atoms with Gasteiger partial charge < -0.3 is 30.3 Å². The summed E-state index contributed by atoms with van der Waals surface area (Å²) in [5, 5.41) is 39.9. The fourth-order valence-corrected chi connectivity index (χ4v) is 11.0. The van der Waals surface area contributed by atoms with Crippen LogP contribution < -0.4 is 5.32 Å². The van der Waals surface area contributed by atoms with Gasteiger partial charge in [0.05, 0.1) is 18.4 Å². The van der Waals surface area contributed by atoms with E-state index in [2.05, 4.69) is 30.6 Å². The number of thiazole rings is 1. The van der Waals surface area contributed by atoms with Crippen molar-refractivity contribution in [1.29, 1.82) is 0 Å². The summed E-state index contributed by atoms with van der Waals surface area (Å²) in [6.07, 6.45) is 3.43. The zero-order valence-electron chi connectivity index (χ0n) is 21.8. The molecule has 7 aliphatic rings. The minimum Gasteiger partial charge on any atom is -0.391 e. The number of anilines is 1. The third-order valence-electron chi connectivity index (χ3n) is 11.0. The SMILES string of the molecule is C=C1C(=O)[C@]23[C@H](O)[C@H]1CC[C@H]2[C@@]12CO[C@]3(O)[C@@H](O)[C@@H]1C(C)(C)Cc1sc(NCCN3CCCCC3)nc12. The molecule has 1 aromatic heterocycles. The molecule has 8 rings (SSSR count). The second kappa shape index (κ2) is 7.86. The highest BCUT2D eigenvalue weighted by Crippen LogP contribution is 2.75. The number of piperidine rings is 1. The molecule has 3 aliphatic heterocycles. The molecule has 4 heterocycles. The lowest BCUT2D eigenvalue weighted by atomic mass is 9.36. The van der Waals surface area contributed by atoms with Crippen molar-refractivity contribution in [2.24, 2.45) is 28.6 Å². The van der Waals surface area contributed by atoms with Crippen LogP contribution in [0, 0.1) is 28.6 Å². The average Bonchev–Trinajstić information content (AvgIpc) is 3.30. The topological polar surface area (TPSA) is 115 Å². The zero-order chi connectivity index (χ0) is 26.0. The number of aromatic nitrogens is 1. The number of carbonyl (C=O) groups excluding carboxylic acids is 1. The first-order valence-corrected chi connectivity index (χ1v) is 14.8. The van der Waals surface area contributed by atoms with E-state index in [1.807, 2.05) is 0 Å². The minimum absolute atomic E-state index is 0.183. The fourth-order valence-electron chi connectivity index (χ4n) is 9.67. The molecule has 9 heteroatoms. The molecular formula is C28H39N3O5S. The second-order valence-corrected chi connectivity index (χ2v) is 14.2. The summed E-state index contributed by atoms with van der Waals surface area (Å²) >= 11 is 1.66. The van der Waals surface area contributed by atoms with Gasteiger partial charge in [0.25, 0.3) is 0 Å². The molecular weight excluding hydrogens is 490 g/mol. The number of likely N-dealkylation sites (tertiary alicyclic amines) is 1. The van der Waals surface area contributed by atoms with E-state index in [1.54, 1.807) is 11.3 Å². The molecule has 6 fully saturated rings. The molecule has 0 unspecified atom stereocenters. The average molecular weight is 530 g/mol. The lowest BCUT2D eigenvalue weighted by molar-refractivity contribution is -0.429. The number of carbonyl (C=O) groups is 1. The molecule has 0 radical (unpaired) electrons. The molecule has 8 nitrogen and oxygen atoms in total. The Hall–Kier alpha value is -1.36. The lowest BCUT2D eigenvalue weighted by Gasteiger charge is -2.73. The molecule has 3 saturated carbocycles. The number of hydrogen-bond donors (Lipinski definition) is 4. The van der Waals surface area contributed by atoms with Crippen molar-refractivity contribution in [2.45, 2.75) is 75.8 Å². The number of aliphatic hydroxyl groups excluding tert-OH is 2. The Bertz CT molecular complexity index is 1160. The fraction of sp³-hybridized carbons (Fsp3) is 0.786. The molecule has 2 spiro atoms. The first-order valence-electron chi connectivity index (χ1n) is 14.0. The van der Waals surface area contributed by atoms with Gasteiger partial charge in [-0.2, -0.15) is 0 Å². The van der Waals surface area contributed by atoms with Crippen LogP contribution in [-0.4, -0.2) is 81.8 Å². The normalized spacial score (nSPS) is 45.9. The molecule has 4 aliphatic carbocycles. The number of hydrogen-bond acceptors (Lipinski definition) is 9. The van der Waals surface area contributed by atoms with E-state index in [1.165, 1.54) is 19.3 Å². The number of ketones is 1. The summed E-state index contributed by atoms with van der Waals surface area (Å²) in [7, 11) is 0. The van der Waals surface area contributed by atoms with Gasteiger partial charge in [0, 0.05) is 35.2 Å². The maximum atomic E-state index is 13.9. The van der Waals surface area contributed by atoms with E-state index in [4.69, 9.17) is 9.72 Å². The number of nitrogens with zero attached hydrogens (tertiary/aromatic N) is 2. The number of aliphatic hydroxyl groups is 3. The Morgan fingerprint density at radius 3 is 2.70 bits per heavy atom. The molecule has 4 N–H and O–H groups in total. The monoisotopic (exact) mass is 529 g/mol. The second-order valence-electron chi connectivity index (χ2n) is 13.1. The van der Waals surface area contributed by atoms with Gasteiger partial charge in [-0.25, -0.2) is 4.98 Å². The standard InChI is InChI=1S/C28H39N3O5S/c1-15-16-7-8-18-26-14-36-28(35,27(18,21(15)32)22(16)33)23(34)19(26)25(2,3)13-17-20(26)30-24(37-17)29-9-12-31-10-5-4-6-11-31/h16,18-19,22-23,33-35H,1,4-14H2,2-3H3,(H,29,30)/t16-,18-,19+,22+,23-,26-,27-,28+/m0/s1. The molecule has 37 heavy (non-hydrogen) atoms. The van der Waals surface area contributed by atoms with Gasteiger partial charge in [-0.3, -0.25) is 4.79 Å². The molecule has 8 atom stereocenters. The minimum atomic E-state index is -2.14. The quantitative estimate of drug-likeness (QED) is 0.439. The maximum absolute atomic E-state index is 13.9. The van der Waals surface area contributed by atoms with Crippen molar-refractivity contribution in [3.8, 4) is 0 Å². The Morgan fingerprint density at radius 2 is 1.95 bits per heavy atom. The van der Waals surface area contributed by atoms with E-state index in [-0.39, 0.29) is 29.6 Å². The van der Waals surface area contributed by atoms with Gasteiger partial charge >= 0.3 is 0 Å². The number of Topliss-reactive ketones (excluding diaryl/α,β-unsaturated/α-hetero) is 1. The van der Waals surface area contributed by atoms with E-state index in [9.17, 15) is 20.1 Å². The van der Waals surface area contributed by atoms with Crippen LogP contribution in [0.2, 0.25) is 0 Å². The van der Waals surface area contributed by atoms with Gasteiger partial charge in [-0.05, 0) is 62.1 Å². The van der Waals surface area contributed by atoms with Gasteiger partial charge in [0.15, 0.2) is 10.9 Å². The van der Waals surface area contributed by atoms with Crippen molar-refractivity contribution in [2.75, 3.05) is 38.1 Å². The first kappa shape index (κ1) is 24.7. The Morgan fingerprint density at radius 1 is 1.19 bits per heavy atom. The van der Waals surface area contributed by atoms with Crippen LogP contribution >= 0.6 is 11.3 Å². The first-order chi connectivity index (χ1) is 17.6. The van der Waals surface area contributed by atoms with Crippen LogP contribution in [0.4, 0.5) is 5.13 Å². The Labute approximate surface area is 222 Å². The highest BCUT2D eigenvalue weighted by atomic mass is 32.1. The maximum Gasteiger partial charge on any atom is 0.208 e. The van der Waals surface area contributed by atoms with Crippen LogP contribution in [0.15, 0.2) is 12.2 Å². The van der Waals surface area contributed by atoms with E-state index in [0.29, 0.717) is 18.4 Å². The van der Waals surface area contributed by atoms with Crippen molar-refractivity contribution >= 4 is 22.3 Å². The highest BCUT2D eigenvalue weighted by molar-refractivity contribution is 7.15. The van der Waals surface area contributed by atoms with Crippen molar-refractivity contribution in [1.82, 2.24) is 9.88 Å². The largest absolute Gasteiger partial charge is 0.391 e. The van der Waals surface area contributed by atoms with Crippen LogP contribution in [0.5, 0.6) is 0 Å². The summed E-state index contributed by atoms with van der Waals surface area (Å²) < 4.78 is 6.16. The Balaban J connectivity index is 1.31. The summed E-state index contributed by atoms with van der Waals surface area (Å²) in [6.45, 7) is 12.6. The third kappa shape index (κ3) is 2.81. The van der Waals surface area contributed by atoms with Gasteiger partial charge in [-0.1, -0.05) is 26.8 Å². The van der Waals surface area contributed by atoms with Crippen LogP contribution in [0.1, 0.15) is 56.5 Å². The predicted molar refractivity (Wildman–Crippen MR) is 139 cm³/mol. The molecule has 0 aromatic carbocycles. The third-order valence-corrected chi connectivity index (χ3v) is 12.1. The van der Waals surface area contributed by atoms with Crippen LogP contribution in [0.25, 0.3) is 0 Å². The predicted octanol–water partition coefficient (Wildman–Crippen LogP) is 2.08. The smallest absolute Gasteiger partial charge is 0.208 e. The van der Waals surface area contributed by atoms with Gasteiger partial charge in [0.2, 0.25) is 5.79 Å². The van der Waals surface area contributed by atoms with Gasteiger partial charge in [0.1, 0.15) is 11.5 Å². The van der Waals surface area contributed by atoms with Crippen molar-refractivity contribution in [3.63, 3.8) is 0 Å². The van der Waals surface area contributed by atoms with Crippen LogP contribution in [0.3, 0.4) is 0 Å². The van der Waals surface area contributed by atoms with E-state index < -0.39 is 34.7 Å². The molecule has 202 valence electrons. The number of ether oxygens (including phenoxy) is 1. The van der Waals surface area contributed by atoms with Crippen molar-refractivity contribution < 1.29 is 24.9 Å². The van der Waals surface area contributed by atoms with E-state index in [0.717, 1.165) is 48.3 Å². The van der Waals surface area contributed by atoms with Crippen LogP contribution in [-0.2, 0) is 21.4 Å². The lowest BCUT2D eigenvalue weighted by Crippen LogP contribution is -2.85. The Kier molecular flexibility index (Phi) is 5.24. The summed E-state index contributed by atoms with van der Waals surface area (Å²) in [4.78, 5) is 22.7. The van der Waals surface area contributed by atoms with E-state index >= 15 is 0 Å². The summed E-state index contributed by atoms with van der Waals surface area (Å²) in [5.74, 6) is -3.62. The summed E-state index contributed by atoms with van der Waals surface area (Å²) in [6, 6.07) is 0. The number of nitrogens with one attached hydrogen (secondary N) is 1. The summed E-state index contributed by atoms with van der Waals surface area (Å²) in [5.41, 5.74) is -1.49. The van der Waals surface area contributed by atoms with Crippen molar-refractivity contribution in [3.05, 3.63) is 22.7 Å². The molecule has 4 bridgehead atoms. The number of fused-ring (bicyclic) bond motifs is 3. The highest BCUT2D eigenvalue weighted by Gasteiger charge is 2.86. The molecule has 1 aromatic rings. The zero-order valence-corrected chi connectivity index (χ0v) is 22.6.